The minimum absolute atomic E-state index is 0.0822. The third-order valence-corrected chi connectivity index (χ3v) is 1.83. The molecule has 0 aromatic rings. The molecule has 1 atom stereocenters. The van der Waals surface area contributed by atoms with Crippen LogP contribution in [0.5, 0.6) is 0 Å². The first-order valence-electron chi connectivity index (χ1n) is 3.53. The predicted octanol–water partition coefficient (Wildman–Crippen LogP) is 0.509. The Bertz CT molecular complexity index is 101. The van der Waals surface area contributed by atoms with Gasteiger partial charge in [-0.2, -0.15) is 0 Å². The van der Waals surface area contributed by atoms with Crippen molar-refractivity contribution in [1.29, 1.82) is 0 Å². The average Bonchev–Trinajstić information content (AvgIpc) is 1.60. The Hall–Kier alpha value is -0.0800. The van der Waals surface area contributed by atoms with Crippen molar-refractivity contribution < 1.29 is 5.11 Å². The molecular formula is C7H15NO. The first kappa shape index (κ1) is 7.03. The maximum atomic E-state index is 9.20. The van der Waals surface area contributed by atoms with Gasteiger partial charge in [-0.25, -0.2) is 0 Å². The van der Waals surface area contributed by atoms with E-state index in [9.17, 15) is 5.11 Å². The molecular weight excluding hydrogens is 114 g/mol. The Morgan fingerprint density at radius 3 is 2.56 bits per heavy atom. The number of aliphatic hydroxyl groups is 1. The molecule has 0 spiro atoms. The van der Waals surface area contributed by atoms with E-state index in [1.807, 2.05) is 0 Å². The van der Waals surface area contributed by atoms with Crippen molar-refractivity contribution in [3.63, 3.8) is 0 Å². The van der Waals surface area contributed by atoms with Crippen LogP contribution in [0.4, 0.5) is 0 Å². The fraction of sp³-hybridized carbons (Fsp3) is 1.00. The highest BCUT2D eigenvalue weighted by atomic mass is 16.3. The van der Waals surface area contributed by atoms with Crippen molar-refractivity contribution in [2.45, 2.75) is 38.3 Å². The number of nitrogens with one attached hydrogen (secondary N) is 1. The third-order valence-electron chi connectivity index (χ3n) is 1.83. The molecule has 2 nitrogen and oxygen atoms in total. The summed E-state index contributed by atoms with van der Waals surface area (Å²) in [7, 11) is 0. The van der Waals surface area contributed by atoms with Gasteiger partial charge < -0.3 is 10.4 Å². The molecule has 0 unspecified atom stereocenters. The molecule has 2 heteroatoms. The van der Waals surface area contributed by atoms with Gasteiger partial charge in [-0.05, 0) is 33.2 Å². The fourth-order valence-corrected chi connectivity index (χ4v) is 1.34. The fourth-order valence-electron chi connectivity index (χ4n) is 1.34. The second kappa shape index (κ2) is 2.27. The van der Waals surface area contributed by atoms with E-state index in [2.05, 4.69) is 19.2 Å². The van der Waals surface area contributed by atoms with Crippen molar-refractivity contribution >= 4 is 0 Å². The van der Waals surface area contributed by atoms with Crippen molar-refractivity contribution in [2.75, 3.05) is 6.54 Å². The Morgan fingerprint density at radius 2 is 2.22 bits per heavy atom. The first-order chi connectivity index (χ1) is 4.10. The van der Waals surface area contributed by atoms with Gasteiger partial charge in [-0.1, -0.05) is 0 Å². The predicted molar refractivity (Wildman–Crippen MR) is 37.3 cm³/mol. The van der Waals surface area contributed by atoms with E-state index < -0.39 is 0 Å². The van der Waals surface area contributed by atoms with E-state index >= 15 is 0 Å². The minimum atomic E-state index is -0.0822. The highest BCUT2D eigenvalue weighted by Gasteiger charge is 2.25. The molecule has 1 heterocycles. The Labute approximate surface area is 56.3 Å². The van der Waals surface area contributed by atoms with Crippen LogP contribution in [0.25, 0.3) is 0 Å². The van der Waals surface area contributed by atoms with Crippen LogP contribution in [0.1, 0.15) is 26.7 Å². The van der Waals surface area contributed by atoms with Gasteiger partial charge in [0.25, 0.3) is 0 Å². The summed E-state index contributed by atoms with van der Waals surface area (Å²) in [5, 5.41) is 12.5. The molecule has 1 rings (SSSR count). The summed E-state index contributed by atoms with van der Waals surface area (Å²) in [6.45, 7) is 5.19. The van der Waals surface area contributed by atoms with Crippen LogP contribution in [0, 0.1) is 0 Å². The summed E-state index contributed by atoms with van der Waals surface area (Å²) in [5.74, 6) is 0. The zero-order valence-electron chi connectivity index (χ0n) is 6.15. The molecule has 1 aliphatic rings. The molecule has 0 saturated carbocycles. The van der Waals surface area contributed by atoms with Gasteiger partial charge in [0.15, 0.2) is 0 Å². The van der Waals surface area contributed by atoms with E-state index in [-0.39, 0.29) is 11.6 Å². The maximum Gasteiger partial charge on any atom is 0.0569 e. The van der Waals surface area contributed by atoms with Crippen LogP contribution < -0.4 is 5.32 Å². The molecule has 0 radical (unpaired) electrons. The van der Waals surface area contributed by atoms with Gasteiger partial charge in [0.1, 0.15) is 0 Å². The molecule has 1 fully saturated rings. The van der Waals surface area contributed by atoms with E-state index in [1.54, 1.807) is 0 Å². The van der Waals surface area contributed by atoms with E-state index in [0.717, 1.165) is 19.4 Å². The molecule has 9 heavy (non-hydrogen) atoms. The third kappa shape index (κ3) is 1.95. The lowest BCUT2D eigenvalue weighted by atomic mass is 9.91. The molecule has 0 aromatic carbocycles. The van der Waals surface area contributed by atoms with Crippen LogP contribution in [0.2, 0.25) is 0 Å². The van der Waals surface area contributed by atoms with Crippen LogP contribution in [-0.2, 0) is 0 Å². The van der Waals surface area contributed by atoms with Gasteiger partial charge in [0.05, 0.1) is 6.10 Å². The zero-order chi connectivity index (χ0) is 6.91. The minimum Gasteiger partial charge on any atom is -0.393 e. The number of aliphatic hydroxyl groups excluding tert-OH is 1. The van der Waals surface area contributed by atoms with Crippen molar-refractivity contribution in [3.8, 4) is 0 Å². The molecule has 1 aliphatic heterocycles. The molecule has 0 bridgehead atoms. The maximum absolute atomic E-state index is 9.20. The summed E-state index contributed by atoms with van der Waals surface area (Å²) in [5.41, 5.74) is 0.150. The zero-order valence-corrected chi connectivity index (χ0v) is 6.15. The van der Waals surface area contributed by atoms with Gasteiger partial charge in [-0.3, -0.25) is 0 Å². The summed E-state index contributed by atoms with van der Waals surface area (Å²) < 4.78 is 0. The van der Waals surface area contributed by atoms with Crippen LogP contribution in [0.3, 0.4) is 0 Å². The lowest BCUT2D eigenvalue weighted by Gasteiger charge is -2.33. The van der Waals surface area contributed by atoms with Crippen molar-refractivity contribution in [2.24, 2.45) is 0 Å². The smallest absolute Gasteiger partial charge is 0.0569 e. The van der Waals surface area contributed by atoms with Gasteiger partial charge in [-0.15, -0.1) is 0 Å². The highest BCUT2D eigenvalue weighted by Crippen LogP contribution is 2.17. The standard InChI is InChI=1S/C7H15NO/c1-7(2)5-6(9)3-4-8-7/h6,8-9H,3-5H2,1-2H3/t6-/m0/s1. The largest absolute Gasteiger partial charge is 0.393 e. The second-order valence-corrected chi connectivity index (χ2v) is 3.46. The molecule has 0 amide bonds. The lowest BCUT2D eigenvalue weighted by molar-refractivity contribution is 0.0913. The quantitative estimate of drug-likeness (QED) is 0.499. The normalized spacial score (nSPS) is 34.3. The van der Waals surface area contributed by atoms with E-state index in [0.29, 0.717) is 0 Å². The van der Waals surface area contributed by atoms with Gasteiger partial charge >= 0.3 is 0 Å². The van der Waals surface area contributed by atoms with Crippen molar-refractivity contribution in [1.82, 2.24) is 5.32 Å². The first-order valence-corrected chi connectivity index (χ1v) is 3.53. The topological polar surface area (TPSA) is 32.3 Å². The molecule has 0 aliphatic carbocycles. The number of piperidine rings is 1. The molecule has 1 saturated heterocycles. The molecule has 2 N–H and O–H groups in total. The average molecular weight is 129 g/mol. The SMILES string of the molecule is CC1(C)C[C@@H](O)CCN1. The van der Waals surface area contributed by atoms with E-state index in [1.165, 1.54) is 0 Å². The Morgan fingerprint density at radius 1 is 1.56 bits per heavy atom. The molecule has 0 aromatic heterocycles. The van der Waals surface area contributed by atoms with Crippen LogP contribution >= 0.6 is 0 Å². The van der Waals surface area contributed by atoms with Gasteiger partial charge in [0, 0.05) is 5.54 Å². The summed E-state index contributed by atoms with van der Waals surface area (Å²) >= 11 is 0. The van der Waals surface area contributed by atoms with Crippen LogP contribution in [0.15, 0.2) is 0 Å². The van der Waals surface area contributed by atoms with Crippen LogP contribution in [-0.4, -0.2) is 23.3 Å². The second-order valence-electron chi connectivity index (χ2n) is 3.46. The number of rotatable bonds is 0. The Balaban J connectivity index is 2.41. The van der Waals surface area contributed by atoms with Gasteiger partial charge in [0.2, 0.25) is 0 Å². The summed E-state index contributed by atoms with van der Waals surface area (Å²) in [6.07, 6.45) is 1.71. The number of hydrogen-bond acceptors (Lipinski definition) is 2. The monoisotopic (exact) mass is 129 g/mol. The summed E-state index contributed by atoms with van der Waals surface area (Å²) in [4.78, 5) is 0. The lowest BCUT2D eigenvalue weighted by Crippen LogP contribution is -2.47. The summed E-state index contributed by atoms with van der Waals surface area (Å²) in [6, 6.07) is 0. The Kier molecular flexibility index (Phi) is 1.78. The van der Waals surface area contributed by atoms with E-state index in [4.69, 9.17) is 0 Å². The number of hydrogen-bond donors (Lipinski definition) is 2. The van der Waals surface area contributed by atoms with Crippen molar-refractivity contribution in [3.05, 3.63) is 0 Å². The highest BCUT2D eigenvalue weighted by molar-refractivity contribution is 4.85. The molecule has 54 valence electrons.